The van der Waals surface area contributed by atoms with Gasteiger partial charge in [-0.05, 0) is 37.1 Å². The third-order valence-corrected chi connectivity index (χ3v) is 3.63. The summed E-state index contributed by atoms with van der Waals surface area (Å²) in [5.74, 6) is 0.790. The van der Waals surface area contributed by atoms with Crippen LogP contribution in [0.15, 0.2) is 18.2 Å². The molecule has 18 heavy (non-hydrogen) atoms. The Morgan fingerprint density at radius 3 is 2.78 bits per heavy atom. The van der Waals surface area contributed by atoms with E-state index < -0.39 is 6.10 Å². The molecule has 100 valence electrons. The quantitative estimate of drug-likeness (QED) is 0.894. The van der Waals surface area contributed by atoms with Gasteiger partial charge in [0.2, 0.25) is 0 Å². The molecule has 0 saturated heterocycles. The van der Waals surface area contributed by atoms with Crippen LogP contribution in [-0.4, -0.2) is 30.0 Å². The van der Waals surface area contributed by atoms with Crippen LogP contribution < -0.4 is 4.74 Å². The number of benzene rings is 1. The molecular weight excluding hydrogens is 252 g/mol. The molecule has 1 N–H and O–H groups in total. The van der Waals surface area contributed by atoms with E-state index in [0.717, 1.165) is 22.8 Å². The molecule has 0 amide bonds. The highest BCUT2D eigenvalue weighted by molar-refractivity contribution is 6.31. The van der Waals surface area contributed by atoms with Gasteiger partial charge in [-0.25, -0.2) is 0 Å². The molecule has 0 heterocycles. The van der Waals surface area contributed by atoms with E-state index in [9.17, 15) is 5.11 Å². The number of hydrogen-bond donors (Lipinski definition) is 1. The Hall–Kier alpha value is -0.770. The van der Waals surface area contributed by atoms with E-state index in [1.54, 1.807) is 0 Å². The molecule has 3 nitrogen and oxygen atoms in total. The van der Waals surface area contributed by atoms with E-state index in [0.29, 0.717) is 13.0 Å². The third-order valence-electron chi connectivity index (χ3n) is 3.26. The zero-order chi connectivity index (χ0) is 13.1. The second kappa shape index (κ2) is 5.91. The van der Waals surface area contributed by atoms with Crippen molar-refractivity contribution < 1.29 is 14.6 Å². The van der Waals surface area contributed by atoms with E-state index in [2.05, 4.69) is 6.92 Å². The molecule has 0 spiro atoms. The van der Waals surface area contributed by atoms with Crippen LogP contribution in [0.3, 0.4) is 0 Å². The van der Waals surface area contributed by atoms with E-state index >= 15 is 0 Å². The van der Waals surface area contributed by atoms with E-state index in [4.69, 9.17) is 21.1 Å². The van der Waals surface area contributed by atoms with Crippen molar-refractivity contribution in [3.63, 3.8) is 0 Å². The van der Waals surface area contributed by atoms with E-state index in [1.807, 2.05) is 25.1 Å². The van der Waals surface area contributed by atoms with Gasteiger partial charge in [0.1, 0.15) is 18.0 Å². The second-order valence-corrected chi connectivity index (χ2v) is 4.89. The number of aryl methyl sites for hydroxylation is 1. The SMILES string of the molecule is CCOC1C(O)CC1Oc1ccc(Cl)c(CC)c1. The minimum absolute atomic E-state index is 0.0640. The van der Waals surface area contributed by atoms with Crippen LogP contribution in [0.2, 0.25) is 5.02 Å². The molecule has 3 atom stereocenters. The average molecular weight is 271 g/mol. The molecule has 1 aliphatic carbocycles. The highest BCUT2D eigenvalue weighted by Gasteiger charge is 2.42. The van der Waals surface area contributed by atoms with Gasteiger partial charge in [-0.15, -0.1) is 0 Å². The van der Waals surface area contributed by atoms with Crippen molar-refractivity contribution in [3.8, 4) is 5.75 Å². The van der Waals surface area contributed by atoms with Crippen LogP contribution >= 0.6 is 11.6 Å². The van der Waals surface area contributed by atoms with E-state index in [1.165, 1.54) is 0 Å². The molecule has 1 aliphatic rings. The van der Waals surface area contributed by atoms with Crippen molar-refractivity contribution >= 4 is 11.6 Å². The van der Waals surface area contributed by atoms with Crippen LogP contribution in [0.4, 0.5) is 0 Å². The minimum atomic E-state index is -0.409. The fraction of sp³-hybridized carbons (Fsp3) is 0.571. The number of aliphatic hydroxyl groups is 1. The summed E-state index contributed by atoms with van der Waals surface area (Å²) in [7, 11) is 0. The number of ether oxygens (including phenoxy) is 2. The Morgan fingerprint density at radius 2 is 2.17 bits per heavy atom. The molecule has 4 heteroatoms. The van der Waals surface area contributed by atoms with Crippen molar-refractivity contribution in [2.24, 2.45) is 0 Å². The van der Waals surface area contributed by atoms with Crippen molar-refractivity contribution in [1.82, 2.24) is 0 Å². The Morgan fingerprint density at radius 1 is 1.39 bits per heavy atom. The van der Waals surface area contributed by atoms with Crippen molar-refractivity contribution in [1.29, 1.82) is 0 Å². The lowest BCUT2D eigenvalue weighted by molar-refractivity contribution is -0.160. The number of rotatable bonds is 5. The normalized spacial score (nSPS) is 26.8. The van der Waals surface area contributed by atoms with E-state index in [-0.39, 0.29) is 12.2 Å². The summed E-state index contributed by atoms with van der Waals surface area (Å²) in [5, 5.41) is 10.4. The fourth-order valence-electron chi connectivity index (χ4n) is 2.15. The highest BCUT2D eigenvalue weighted by Crippen LogP contribution is 2.30. The molecule has 0 bridgehead atoms. The summed E-state index contributed by atoms with van der Waals surface area (Å²) in [6.07, 6.45) is 0.807. The van der Waals surface area contributed by atoms with Crippen LogP contribution in [0.1, 0.15) is 25.8 Å². The van der Waals surface area contributed by atoms with Gasteiger partial charge >= 0.3 is 0 Å². The lowest BCUT2D eigenvalue weighted by Gasteiger charge is -2.40. The van der Waals surface area contributed by atoms with Gasteiger partial charge in [-0.2, -0.15) is 0 Å². The summed E-state index contributed by atoms with van der Waals surface area (Å²) in [6, 6.07) is 5.66. The first-order valence-electron chi connectivity index (χ1n) is 6.40. The largest absolute Gasteiger partial charge is 0.488 e. The van der Waals surface area contributed by atoms with Crippen LogP contribution in [-0.2, 0) is 11.2 Å². The first-order chi connectivity index (χ1) is 8.65. The lowest BCUT2D eigenvalue weighted by atomic mass is 9.88. The molecule has 1 aromatic rings. The van der Waals surface area contributed by atoms with Gasteiger partial charge in [0.25, 0.3) is 0 Å². The van der Waals surface area contributed by atoms with Gasteiger partial charge in [-0.1, -0.05) is 18.5 Å². The summed E-state index contributed by atoms with van der Waals surface area (Å²) in [4.78, 5) is 0. The van der Waals surface area contributed by atoms with Gasteiger partial charge in [0, 0.05) is 18.1 Å². The topological polar surface area (TPSA) is 38.7 Å². The van der Waals surface area contributed by atoms with Crippen molar-refractivity contribution in [2.45, 2.75) is 45.0 Å². The van der Waals surface area contributed by atoms with Crippen LogP contribution in [0, 0.1) is 0 Å². The maximum atomic E-state index is 9.61. The van der Waals surface area contributed by atoms with Gasteiger partial charge < -0.3 is 14.6 Å². The predicted molar refractivity (Wildman–Crippen MR) is 71.3 cm³/mol. The molecule has 0 aliphatic heterocycles. The van der Waals surface area contributed by atoms with Crippen molar-refractivity contribution in [2.75, 3.05) is 6.61 Å². The Bertz CT molecular complexity index is 408. The fourth-order valence-corrected chi connectivity index (χ4v) is 2.41. The highest BCUT2D eigenvalue weighted by atomic mass is 35.5. The maximum absolute atomic E-state index is 9.61. The summed E-state index contributed by atoms with van der Waals surface area (Å²) in [6.45, 7) is 4.56. The Balaban J connectivity index is 2.01. The number of halogens is 1. The predicted octanol–water partition coefficient (Wildman–Crippen LogP) is 2.82. The molecule has 0 radical (unpaired) electrons. The van der Waals surface area contributed by atoms with Crippen LogP contribution in [0.5, 0.6) is 5.75 Å². The summed E-state index contributed by atoms with van der Waals surface area (Å²) in [5.41, 5.74) is 1.07. The number of hydrogen-bond acceptors (Lipinski definition) is 3. The standard InChI is InChI=1S/C14H19ClO3/c1-3-9-7-10(5-6-11(9)15)18-13-8-12(16)14(13)17-4-2/h5-7,12-14,16H,3-4,8H2,1-2H3. The molecule has 2 rings (SSSR count). The second-order valence-electron chi connectivity index (χ2n) is 4.49. The van der Waals surface area contributed by atoms with Gasteiger partial charge in [0.15, 0.2) is 0 Å². The number of aliphatic hydroxyl groups excluding tert-OH is 1. The average Bonchev–Trinajstić information content (AvgIpc) is 2.37. The maximum Gasteiger partial charge on any atom is 0.130 e. The molecule has 1 saturated carbocycles. The first-order valence-corrected chi connectivity index (χ1v) is 6.78. The van der Waals surface area contributed by atoms with Gasteiger partial charge in [-0.3, -0.25) is 0 Å². The minimum Gasteiger partial charge on any atom is -0.488 e. The molecule has 3 unspecified atom stereocenters. The smallest absolute Gasteiger partial charge is 0.130 e. The summed E-state index contributed by atoms with van der Waals surface area (Å²) >= 11 is 6.06. The first kappa shape index (κ1) is 13.7. The lowest BCUT2D eigenvalue weighted by Crippen LogP contribution is -2.55. The molecular formula is C14H19ClO3. The summed E-state index contributed by atoms with van der Waals surface area (Å²) < 4.78 is 11.3. The van der Waals surface area contributed by atoms with Crippen molar-refractivity contribution in [3.05, 3.63) is 28.8 Å². The Labute approximate surface area is 113 Å². The third kappa shape index (κ3) is 2.79. The Kier molecular flexibility index (Phi) is 4.49. The van der Waals surface area contributed by atoms with Crippen LogP contribution in [0.25, 0.3) is 0 Å². The molecule has 1 aromatic carbocycles. The zero-order valence-electron chi connectivity index (χ0n) is 10.7. The molecule has 1 fully saturated rings. The zero-order valence-corrected chi connectivity index (χ0v) is 11.5. The molecule has 0 aromatic heterocycles. The monoisotopic (exact) mass is 270 g/mol. The van der Waals surface area contributed by atoms with Gasteiger partial charge in [0.05, 0.1) is 6.10 Å².